The van der Waals surface area contributed by atoms with E-state index in [9.17, 15) is 0 Å². The van der Waals surface area contributed by atoms with Gasteiger partial charge in [0.2, 0.25) is 0 Å². The fraction of sp³-hybridized carbons (Fsp3) is 0.250. The minimum atomic E-state index is 1.03. The lowest BCUT2D eigenvalue weighted by Crippen LogP contribution is -1.73. The molecule has 8 heavy (non-hydrogen) atoms. The van der Waals surface area contributed by atoms with Crippen LogP contribution in [0.4, 0.5) is 0 Å². The van der Waals surface area contributed by atoms with Crippen molar-refractivity contribution in [1.82, 2.24) is 0 Å². The van der Waals surface area contributed by atoms with E-state index in [0.717, 1.165) is 5.57 Å². The molecule has 0 aromatic carbocycles. The maximum absolute atomic E-state index is 3.79. The highest BCUT2D eigenvalue weighted by molar-refractivity contribution is 5.46. The molecule has 1 aliphatic carbocycles. The average Bonchev–Trinajstić information content (AvgIpc) is 1.98. The molecule has 0 N–H and O–H groups in total. The first kappa shape index (κ1) is 5.36. The van der Waals surface area contributed by atoms with E-state index >= 15 is 0 Å². The molecular formula is C8H9. The Balaban J connectivity index is 3.02. The molecule has 0 heterocycles. The van der Waals surface area contributed by atoms with E-state index in [2.05, 4.69) is 26.5 Å². The minimum Gasteiger partial charge on any atom is -0.0909 e. The summed E-state index contributed by atoms with van der Waals surface area (Å²) in [6, 6.07) is 0. The van der Waals surface area contributed by atoms with Crippen molar-refractivity contribution in [3.63, 3.8) is 0 Å². The summed E-state index contributed by atoms with van der Waals surface area (Å²) in [4.78, 5) is 0. The van der Waals surface area contributed by atoms with Crippen LogP contribution in [0.15, 0.2) is 29.4 Å². The van der Waals surface area contributed by atoms with Crippen LogP contribution in [0.2, 0.25) is 0 Å². The largest absolute Gasteiger partial charge is 0.0909 e. The fourth-order valence-corrected chi connectivity index (χ4v) is 0.650. The smallest absolute Gasteiger partial charge is 0.0106 e. The molecule has 41 valence electrons. The van der Waals surface area contributed by atoms with E-state index in [-0.39, 0.29) is 0 Å². The Labute approximate surface area is 50.2 Å². The summed E-state index contributed by atoms with van der Waals surface area (Å²) in [6.45, 7) is 7.92. The highest BCUT2D eigenvalue weighted by Gasteiger charge is 2.02. The zero-order chi connectivity index (χ0) is 6.15. The zero-order valence-electron chi connectivity index (χ0n) is 5.28. The Kier molecular flexibility index (Phi) is 1.09. The van der Waals surface area contributed by atoms with Crippen molar-refractivity contribution in [3.05, 3.63) is 35.5 Å². The van der Waals surface area contributed by atoms with Crippen LogP contribution < -0.4 is 0 Å². The molecule has 0 amide bonds. The van der Waals surface area contributed by atoms with Crippen molar-refractivity contribution in [2.75, 3.05) is 0 Å². The maximum atomic E-state index is 3.79. The molecule has 0 atom stereocenters. The second kappa shape index (κ2) is 1.62. The number of hydrogen-bond donors (Lipinski definition) is 0. The fourth-order valence-electron chi connectivity index (χ4n) is 0.650. The lowest BCUT2D eigenvalue weighted by atomic mass is 10.1. The van der Waals surface area contributed by atoms with Crippen molar-refractivity contribution in [2.45, 2.75) is 13.8 Å². The minimum absolute atomic E-state index is 1.03. The Morgan fingerprint density at radius 2 is 2.12 bits per heavy atom. The van der Waals surface area contributed by atoms with Gasteiger partial charge in [-0.05, 0) is 36.6 Å². The van der Waals surface area contributed by atoms with Crippen molar-refractivity contribution in [3.8, 4) is 0 Å². The van der Waals surface area contributed by atoms with E-state index < -0.39 is 0 Å². The lowest BCUT2D eigenvalue weighted by Gasteiger charge is -1.91. The van der Waals surface area contributed by atoms with Crippen LogP contribution in [-0.2, 0) is 0 Å². The number of allylic oxidation sites excluding steroid dienone is 5. The molecule has 0 nitrogen and oxygen atoms in total. The number of rotatable bonds is 0. The first-order valence-corrected chi connectivity index (χ1v) is 2.68. The summed E-state index contributed by atoms with van der Waals surface area (Å²) in [6.07, 6.45) is 5.00. The first-order chi connectivity index (χ1) is 3.72. The van der Waals surface area contributed by atoms with Crippen LogP contribution in [0.5, 0.6) is 0 Å². The third kappa shape index (κ3) is 0.623. The SMILES string of the molecule is C=C1[C]=CC(C)=C1C. The first-order valence-electron chi connectivity index (χ1n) is 2.68. The van der Waals surface area contributed by atoms with Gasteiger partial charge in [0.1, 0.15) is 0 Å². The molecule has 1 rings (SSSR count). The predicted octanol–water partition coefficient (Wildman–Crippen LogP) is 2.25. The van der Waals surface area contributed by atoms with Gasteiger partial charge in [0.25, 0.3) is 0 Å². The van der Waals surface area contributed by atoms with Gasteiger partial charge in [-0.25, -0.2) is 0 Å². The van der Waals surface area contributed by atoms with Crippen LogP contribution in [0.3, 0.4) is 0 Å². The highest BCUT2D eigenvalue weighted by atomic mass is 14.1. The highest BCUT2D eigenvalue weighted by Crippen LogP contribution is 2.20. The zero-order valence-corrected chi connectivity index (χ0v) is 5.28. The Morgan fingerprint density at radius 3 is 2.25 bits per heavy atom. The third-order valence-electron chi connectivity index (χ3n) is 1.51. The third-order valence-corrected chi connectivity index (χ3v) is 1.51. The van der Waals surface area contributed by atoms with Crippen molar-refractivity contribution < 1.29 is 0 Å². The molecule has 0 heteroatoms. The Morgan fingerprint density at radius 1 is 1.50 bits per heavy atom. The van der Waals surface area contributed by atoms with Gasteiger partial charge < -0.3 is 0 Å². The van der Waals surface area contributed by atoms with Crippen molar-refractivity contribution in [1.29, 1.82) is 0 Å². The maximum Gasteiger partial charge on any atom is -0.0106 e. The lowest BCUT2D eigenvalue weighted by molar-refractivity contribution is 1.39. The molecule has 0 aromatic heterocycles. The van der Waals surface area contributed by atoms with E-state index in [1.165, 1.54) is 11.1 Å². The monoisotopic (exact) mass is 105 g/mol. The molecule has 0 unspecified atom stereocenters. The van der Waals surface area contributed by atoms with E-state index in [1.54, 1.807) is 0 Å². The molecule has 0 bridgehead atoms. The van der Waals surface area contributed by atoms with Crippen LogP contribution in [0.1, 0.15) is 13.8 Å². The molecule has 1 aliphatic rings. The van der Waals surface area contributed by atoms with Gasteiger partial charge in [-0.15, -0.1) is 0 Å². The Hall–Kier alpha value is -0.780. The quantitative estimate of drug-likeness (QED) is 0.443. The van der Waals surface area contributed by atoms with E-state index in [4.69, 9.17) is 0 Å². The average molecular weight is 105 g/mol. The molecule has 0 fully saturated rings. The summed E-state index contributed by atoms with van der Waals surface area (Å²) < 4.78 is 0. The van der Waals surface area contributed by atoms with Crippen molar-refractivity contribution >= 4 is 0 Å². The van der Waals surface area contributed by atoms with Gasteiger partial charge in [-0.1, -0.05) is 12.7 Å². The molecule has 0 spiro atoms. The van der Waals surface area contributed by atoms with Gasteiger partial charge in [-0.2, -0.15) is 0 Å². The van der Waals surface area contributed by atoms with Gasteiger partial charge in [0.15, 0.2) is 0 Å². The van der Waals surface area contributed by atoms with Crippen LogP contribution >= 0.6 is 0 Å². The molecule has 0 aromatic rings. The number of hydrogen-bond acceptors (Lipinski definition) is 0. The molecule has 0 aliphatic heterocycles. The predicted molar refractivity (Wildman–Crippen MR) is 35.3 cm³/mol. The van der Waals surface area contributed by atoms with Crippen LogP contribution in [0.25, 0.3) is 0 Å². The summed E-state index contributed by atoms with van der Waals surface area (Å²) in [5.74, 6) is 0. The summed E-state index contributed by atoms with van der Waals surface area (Å²) in [5, 5.41) is 0. The van der Waals surface area contributed by atoms with Crippen LogP contribution in [0, 0.1) is 6.08 Å². The summed E-state index contributed by atoms with van der Waals surface area (Å²) in [7, 11) is 0. The molecular weight excluding hydrogens is 96.1 g/mol. The second-order valence-electron chi connectivity index (χ2n) is 2.08. The molecule has 0 saturated heterocycles. The molecule has 1 radical (unpaired) electrons. The topological polar surface area (TPSA) is 0 Å². The Bertz CT molecular complexity index is 176. The summed E-state index contributed by atoms with van der Waals surface area (Å²) >= 11 is 0. The molecule has 0 saturated carbocycles. The standard InChI is InChI=1S/C8H9/c1-6-4-5-7(2)8(6)3/h5H,1H2,2-3H3. The second-order valence-corrected chi connectivity index (χ2v) is 2.08. The summed E-state index contributed by atoms with van der Waals surface area (Å²) in [5.41, 5.74) is 3.59. The van der Waals surface area contributed by atoms with Gasteiger partial charge in [0.05, 0.1) is 0 Å². The van der Waals surface area contributed by atoms with Gasteiger partial charge >= 0.3 is 0 Å². The normalized spacial score (nSPS) is 18.5. The van der Waals surface area contributed by atoms with Gasteiger partial charge in [0, 0.05) is 0 Å². The van der Waals surface area contributed by atoms with Gasteiger partial charge in [-0.3, -0.25) is 0 Å². The van der Waals surface area contributed by atoms with Crippen molar-refractivity contribution in [2.24, 2.45) is 0 Å². The van der Waals surface area contributed by atoms with E-state index in [1.807, 2.05) is 6.08 Å². The van der Waals surface area contributed by atoms with E-state index in [0.29, 0.717) is 0 Å². The van der Waals surface area contributed by atoms with Crippen LogP contribution in [-0.4, -0.2) is 0 Å².